The van der Waals surface area contributed by atoms with Crippen molar-refractivity contribution in [2.75, 3.05) is 24.3 Å². The van der Waals surface area contributed by atoms with Gasteiger partial charge in [-0.1, -0.05) is 12.1 Å². The first-order valence-corrected chi connectivity index (χ1v) is 6.60. The monoisotopic (exact) mass is 282 g/mol. The van der Waals surface area contributed by atoms with E-state index in [-0.39, 0.29) is 11.7 Å². The Morgan fingerprint density at radius 2 is 1.86 bits per heavy atom. The van der Waals surface area contributed by atoms with E-state index in [1.165, 1.54) is 6.08 Å². The molecule has 0 aliphatic carbocycles. The lowest BCUT2D eigenvalue weighted by Crippen LogP contribution is -2.10. The number of hydrogen-bond acceptors (Lipinski definition) is 3. The molecule has 4 nitrogen and oxygen atoms in total. The van der Waals surface area contributed by atoms with Gasteiger partial charge in [-0.05, 0) is 48.0 Å². The number of benzene rings is 2. The summed E-state index contributed by atoms with van der Waals surface area (Å²) in [6.07, 6.45) is 3.10. The lowest BCUT2D eigenvalue weighted by atomic mass is 10.2. The highest BCUT2D eigenvalue weighted by molar-refractivity contribution is 6.02. The maximum Gasteiger partial charge on any atom is 0.248 e. The number of carbonyl (C=O) groups excluding carboxylic acids is 1. The van der Waals surface area contributed by atoms with Crippen LogP contribution in [-0.4, -0.2) is 25.1 Å². The largest absolute Gasteiger partial charge is 0.508 e. The van der Waals surface area contributed by atoms with Gasteiger partial charge in [-0.3, -0.25) is 4.79 Å². The zero-order valence-electron chi connectivity index (χ0n) is 12.1. The van der Waals surface area contributed by atoms with Crippen LogP contribution in [0, 0.1) is 0 Å². The molecule has 4 heteroatoms. The van der Waals surface area contributed by atoms with Crippen molar-refractivity contribution in [2.45, 2.75) is 0 Å². The van der Waals surface area contributed by atoms with Gasteiger partial charge in [-0.2, -0.15) is 0 Å². The second kappa shape index (κ2) is 6.61. The summed E-state index contributed by atoms with van der Waals surface area (Å²) in [7, 11) is 3.93. The molecule has 0 atom stereocenters. The standard InChI is InChI=1S/C17H18N2O2/c1-19(2)15-9-7-14(8-10-15)18-17(21)11-6-13-4-3-5-16(20)12-13/h3-12,20H,1-2H3,(H,18,21)/b11-6+. The molecular formula is C17H18N2O2. The number of nitrogens with zero attached hydrogens (tertiary/aromatic N) is 1. The number of nitrogens with one attached hydrogen (secondary N) is 1. The molecule has 0 saturated heterocycles. The Balaban J connectivity index is 1.98. The average molecular weight is 282 g/mol. The fourth-order valence-corrected chi connectivity index (χ4v) is 1.83. The number of carbonyl (C=O) groups is 1. The van der Waals surface area contributed by atoms with Gasteiger partial charge in [0.25, 0.3) is 0 Å². The number of rotatable bonds is 4. The summed E-state index contributed by atoms with van der Waals surface area (Å²) >= 11 is 0. The van der Waals surface area contributed by atoms with Gasteiger partial charge < -0.3 is 15.3 Å². The third-order valence-corrected chi connectivity index (χ3v) is 2.95. The molecule has 108 valence electrons. The van der Waals surface area contributed by atoms with Crippen LogP contribution in [0.1, 0.15) is 5.56 Å². The highest BCUT2D eigenvalue weighted by Gasteiger charge is 1.99. The van der Waals surface area contributed by atoms with E-state index in [0.717, 1.165) is 16.9 Å². The molecular weight excluding hydrogens is 264 g/mol. The van der Waals surface area contributed by atoms with Crippen molar-refractivity contribution in [2.24, 2.45) is 0 Å². The molecule has 0 fully saturated rings. The lowest BCUT2D eigenvalue weighted by Gasteiger charge is -2.12. The minimum Gasteiger partial charge on any atom is -0.508 e. The van der Waals surface area contributed by atoms with Crippen LogP contribution in [0.4, 0.5) is 11.4 Å². The number of anilines is 2. The maximum absolute atomic E-state index is 11.8. The van der Waals surface area contributed by atoms with Crippen LogP contribution in [0.5, 0.6) is 5.75 Å². The third kappa shape index (κ3) is 4.38. The Morgan fingerprint density at radius 3 is 2.48 bits per heavy atom. The highest BCUT2D eigenvalue weighted by Crippen LogP contribution is 2.16. The second-order valence-electron chi connectivity index (χ2n) is 4.86. The first kappa shape index (κ1) is 14.7. The first-order chi connectivity index (χ1) is 10.0. The van der Waals surface area contributed by atoms with Crippen molar-refractivity contribution in [3.63, 3.8) is 0 Å². The van der Waals surface area contributed by atoms with Crippen LogP contribution < -0.4 is 10.2 Å². The highest BCUT2D eigenvalue weighted by atomic mass is 16.3. The van der Waals surface area contributed by atoms with Crippen LogP contribution in [0.25, 0.3) is 6.08 Å². The van der Waals surface area contributed by atoms with Gasteiger partial charge >= 0.3 is 0 Å². The number of hydrogen-bond donors (Lipinski definition) is 2. The summed E-state index contributed by atoms with van der Waals surface area (Å²) in [6, 6.07) is 14.3. The molecule has 21 heavy (non-hydrogen) atoms. The molecule has 2 rings (SSSR count). The van der Waals surface area contributed by atoms with Crippen LogP contribution in [0.3, 0.4) is 0 Å². The number of phenolic OH excluding ortho intramolecular Hbond substituents is 1. The van der Waals surface area contributed by atoms with Gasteiger partial charge in [0.2, 0.25) is 5.91 Å². The molecule has 1 amide bonds. The second-order valence-corrected chi connectivity index (χ2v) is 4.86. The summed E-state index contributed by atoms with van der Waals surface area (Å²) in [4.78, 5) is 13.8. The third-order valence-electron chi connectivity index (χ3n) is 2.95. The summed E-state index contributed by atoms with van der Waals surface area (Å²) in [5.41, 5.74) is 2.59. The summed E-state index contributed by atoms with van der Waals surface area (Å²) < 4.78 is 0. The minimum atomic E-state index is -0.212. The molecule has 0 saturated carbocycles. The van der Waals surface area contributed by atoms with Crippen molar-refractivity contribution in [3.05, 3.63) is 60.2 Å². The topological polar surface area (TPSA) is 52.6 Å². The van der Waals surface area contributed by atoms with Gasteiger partial charge in [0.15, 0.2) is 0 Å². The van der Waals surface area contributed by atoms with E-state index in [1.54, 1.807) is 24.3 Å². The van der Waals surface area contributed by atoms with Crippen molar-refractivity contribution in [1.82, 2.24) is 0 Å². The summed E-state index contributed by atoms with van der Waals surface area (Å²) in [5, 5.41) is 12.1. The Bertz CT molecular complexity index is 646. The number of aromatic hydroxyl groups is 1. The van der Waals surface area contributed by atoms with E-state index in [2.05, 4.69) is 5.32 Å². The molecule has 0 spiro atoms. The van der Waals surface area contributed by atoms with Crippen LogP contribution in [-0.2, 0) is 4.79 Å². The van der Waals surface area contributed by atoms with Crippen LogP contribution >= 0.6 is 0 Å². The molecule has 0 unspecified atom stereocenters. The fourth-order valence-electron chi connectivity index (χ4n) is 1.83. The molecule has 0 aliphatic heterocycles. The summed E-state index contributed by atoms with van der Waals surface area (Å²) in [5.74, 6) is -0.0345. The fraction of sp³-hybridized carbons (Fsp3) is 0.118. The first-order valence-electron chi connectivity index (χ1n) is 6.60. The van der Waals surface area contributed by atoms with Crippen molar-refractivity contribution < 1.29 is 9.90 Å². The molecule has 2 aromatic rings. The van der Waals surface area contributed by atoms with E-state index in [9.17, 15) is 9.90 Å². The van der Waals surface area contributed by atoms with Crippen LogP contribution in [0.15, 0.2) is 54.6 Å². The summed E-state index contributed by atoms with van der Waals surface area (Å²) in [6.45, 7) is 0. The van der Waals surface area contributed by atoms with E-state index in [4.69, 9.17) is 0 Å². The van der Waals surface area contributed by atoms with Gasteiger partial charge in [-0.15, -0.1) is 0 Å². The number of phenols is 1. The lowest BCUT2D eigenvalue weighted by molar-refractivity contribution is -0.111. The van der Waals surface area contributed by atoms with E-state index in [1.807, 2.05) is 49.3 Å². The molecule has 0 aromatic heterocycles. The molecule has 0 bridgehead atoms. The Kier molecular flexibility index (Phi) is 4.61. The predicted octanol–water partition coefficient (Wildman–Crippen LogP) is 3.11. The smallest absolute Gasteiger partial charge is 0.248 e. The minimum absolute atomic E-state index is 0.178. The van der Waals surface area contributed by atoms with Gasteiger partial charge in [0.05, 0.1) is 0 Å². The Hall–Kier alpha value is -2.75. The Morgan fingerprint density at radius 1 is 1.14 bits per heavy atom. The van der Waals surface area contributed by atoms with Crippen molar-refractivity contribution >= 4 is 23.4 Å². The molecule has 0 radical (unpaired) electrons. The van der Waals surface area contributed by atoms with E-state index in [0.29, 0.717) is 0 Å². The normalized spacial score (nSPS) is 10.6. The van der Waals surface area contributed by atoms with Crippen LogP contribution in [0.2, 0.25) is 0 Å². The quantitative estimate of drug-likeness (QED) is 0.847. The van der Waals surface area contributed by atoms with E-state index >= 15 is 0 Å². The predicted molar refractivity (Wildman–Crippen MR) is 86.5 cm³/mol. The van der Waals surface area contributed by atoms with Gasteiger partial charge in [-0.25, -0.2) is 0 Å². The average Bonchev–Trinajstić information content (AvgIpc) is 2.46. The molecule has 2 aromatic carbocycles. The molecule has 0 heterocycles. The van der Waals surface area contributed by atoms with Crippen molar-refractivity contribution in [3.8, 4) is 5.75 Å². The van der Waals surface area contributed by atoms with E-state index < -0.39 is 0 Å². The molecule has 2 N–H and O–H groups in total. The van der Waals surface area contributed by atoms with Crippen molar-refractivity contribution in [1.29, 1.82) is 0 Å². The number of amides is 1. The maximum atomic E-state index is 11.8. The SMILES string of the molecule is CN(C)c1ccc(NC(=O)/C=C/c2cccc(O)c2)cc1. The Labute approximate surface area is 124 Å². The van der Waals surface area contributed by atoms with Gasteiger partial charge in [0.1, 0.15) is 5.75 Å². The zero-order valence-corrected chi connectivity index (χ0v) is 12.1. The zero-order chi connectivity index (χ0) is 15.2. The van der Waals surface area contributed by atoms with Gasteiger partial charge in [0, 0.05) is 31.5 Å². The molecule has 0 aliphatic rings.